The molecule has 1 amide bonds. The van der Waals surface area contributed by atoms with Gasteiger partial charge in [-0.15, -0.1) is 0 Å². The molecule has 0 spiro atoms. The first kappa shape index (κ1) is 13.4. The Morgan fingerprint density at radius 2 is 1.93 bits per heavy atom. The summed E-state index contributed by atoms with van der Waals surface area (Å²) in [5.41, 5.74) is 5.44. The smallest absolute Gasteiger partial charge is 0.236 e. The van der Waals surface area contributed by atoms with Crippen molar-refractivity contribution in [2.45, 2.75) is 19.8 Å². The summed E-state index contributed by atoms with van der Waals surface area (Å²) in [4.78, 5) is 15.2. The van der Waals surface area contributed by atoms with Crippen LogP contribution in [0.15, 0.2) is 0 Å². The van der Waals surface area contributed by atoms with Crippen molar-refractivity contribution in [3.05, 3.63) is 0 Å². The lowest BCUT2D eigenvalue weighted by Crippen LogP contribution is -2.38. The van der Waals surface area contributed by atoms with Gasteiger partial charge < -0.3 is 10.6 Å². The number of hydrogen-bond donors (Lipinski definition) is 1. The molecule has 0 radical (unpaired) electrons. The topological polar surface area (TPSA) is 49.6 Å². The van der Waals surface area contributed by atoms with Gasteiger partial charge in [0, 0.05) is 14.1 Å². The van der Waals surface area contributed by atoms with E-state index in [-0.39, 0.29) is 5.91 Å². The molecule has 0 aromatic carbocycles. The third-order valence-electron chi connectivity index (χ3n) is 2.08. The maximum atomic E-state index is 11.4. The maximum Gasteiger partial charge on any atom is 0.236 e. The number of nitrogens with zero attached hydrogens (tertiary/aromatic N) is 2. The molecule has 0 aromatic heterocycles. The lowest BCUT2D eigenvalue weighted by molar-refractivity contribution is -0.129. The molecular weight excluding hydrogens is 178 g/mol. The summed E-state index contributed by atoms with van der Waals surface area (Å²) in [5, 5.41) is 0. The van der Waals surface area contributed by atoms with Crippen LogP contribution in [0.2, 0.25) is 0 Å². The van der Waals surface area contributed by atoms with E-state index in [1.54, 1.807) is 19.0 Å². The summed E-state index contributed by atoms with van der Waals surface area (Å²) < 4.78 is 0. The number of likely N-dealkylation sites (N-methyl/N-ethyl adjacent to an activating group) is 1. The molecule has 0 aliphatic carbocycles. The number of hydrogen-bond acceptors (Lipinski definition) is 3. The van der Waals surface area contributed by atoms with Crippen LogP contribution in [0.1, 0.15) is 19.8 Å². The number of nitrogens with two attached hydrogens (primary N) is 1. The van der Waals surface area contributed by atoms with E-state index >= 15 is 0 Å². The van der Waals surface area contributed by atoms with Crippen LogP contribution in [0.3, 0.4) is 0 Å². The van der Waals surface area contributed by atoms with Gasteiger partial charge in [-0.3, -0.25) is 9.69 Å². The van der Waals surface area contributed by atoms with E-state index in [2.05, 4.69) is 11.8 Å². The number of rotatable bonds is 7. The predicted molar refractivity (Wildman–Crippen MR) is 59.1 cm³/mol. The van der Waals surface area contributed by atoms with Crippen LogP contribution in [0.5, 0.6) is 0 Å². The van der Waals surface area contributed by atoms with Gasteiger partial charge in [0.05, 0.1) is 6.54 Å². The Kier molecular flexibility index (Phi) is 7.42. The largest absolute Gasteiger partial charge is 0.348 e. The van der Waals surface area contributed by atoms with Gasteiger partial charge in [-0.2, -0.15) is 0 Å². The fourth-order valence-electron chi connectivity index (χ4n) is 1.23. The first-order valence-electron chi connectivity index (χ1n) is 5.24. The molecule has 4 nitrogen and oxygen atoms in total. The Labute approximate surface area is 87.0 Å². The Balaban J connectivity index is 3.88. The normalized spacial score (nSPS) is 10.6. The predicted octanol–water partition coefficient (Wildman–Crippen LogP) is 0.135. The van der Waals surface area contributed by atoms with Crippen LogP contribution in [0.4, 0.5) is 0 Å². The molecule has 0 unspecified atom stereocenters. The van der Waals surface area contributed by atoms with Crippen molar-refractivity contribution in [1.82, 2.24) is 9.80 Å². The lowest BCUT2D eigenvalue weighted by Gasteiger charge is -2.22. The minimum atomic E-state index is 0.162. The van der Waals surface area contributed by atoms with Crippen LogP contribution >= 0.6 is 0 Å². The van der Waals surface area contributed by atoms with Crippen LogP contribution < -0.4 is 5.73 Å². The molecule has 0 saturated heterocycles. The molecule has 0 atom stereocenters. The van der Waals surface area contributed by atoms with Gasteiger partial charge in [-0.05, 0) is 32.5 Å². The maximum absolute atomic E-state index is 11.4. The highest BCUT2D eigenvalue weighted by Gasteiger charge is 2.10. The highest BCUT2D eigenvalue weighted by atomic mass is 16.2. The molecule has 0 aliphatic heterocycles. The fraction of sp³-hybridized carbons (Fsp3) is 0.900. The number of carbonyl (C=O) groups is 1. The molecule has 14 heavy (non-hydrogen) atoms. The van der Waals surface area contributed by atoms with Crippen LogP contribution in [0, 0.1) is 0 Å². The molecule has 4 heteroatoms. The zero-order valence-corrected chi connectivity index (χ0v) is 9.62. The first-order chi connectivity index (χ1) is 6.61. The lowest BCUT2D eigenvalue weighted by atomic mass is 10.3. The van der Waals surface area contributed by atoms with E-state index < -0.39 is 0 Å². The summed E-state index contributed by atoms with van der Waals surface area (Å²) in [6, 6.07) is 0. The molecule has 0 aliphatic rings. The summed E-state index contributed by atoms with van der Waals surface area (Å²) in [6.07, 6.45) is 2.03. The van der Waals surface area contributed by atoms with Crippen molar-refractivity contribution in [1.29, 1.82) is 0 Å². The zero-order chi connectivity index (χ0) is 11.0. The van der Waals surface area contributed by atoms with Gasteiger partial charge in [-0.1, -0.05) is 6.92 Å². The molecule has 0 heterocycles. The Morgan fingerprint density at radius 3 is 2.36 bits per heavy atom. The molecule has 2 N–H and O–H groups in total. The third kappa shape index (κ3) is 5.94. The number of carbonyl (C=O) groups excluding carboxylic acids is 1. The van der Waals surface area contributed by atoms with Gasteiger partial charge >= 0.3 is 0 Å². The van der Waals surface area contributed by atoms with Crippen LogP contribution in [-0.2, 0) is 4.79 Å². The molecule has 0 fully saturated rings. The monoisotopic (exact) mass is 201 g/mol. The Bertz CT molecular complexity index is 159. The Hall–Kier alpha value is -0.610. The summed E-state index contributed by atoms with van der Waals surface area (Å²) in [5.74, 6) is 0.162. The minimum Gasteiger partial charge on any atom is -0.348 e. The number of amides is 1. The van der Waals surface area contributed by atoms with Crippen molar-refractivity contribution in [2.24, 2.45) is 5.73 Å². The molecular formula is C10H23N3O. The average molecular weight is 201 g/mol. The summed E-state index contributed by atoms with van der Waals surface area (Å²) in [7, 11) is 3.57. The summed E-state index contributed by atoms with van der Waals surface area (Å²) >= 11 is 0. The fourth-order valence-corrected chi connectivity index (χ4v) is 1.23. The van der Waals surface area contributed by atoms with Crippen molar-refractivity contribution in [3.63, 3.8) is 0 Å². The van der Waals surface area contributed by atoms with E-state index in [4.69, 9.17) is 5.73 Å². The van der Waals surface area contributed by atoms with E-state index in [0.717, 1.165) is 25.9 Å². The molecule has 0 saturated carbocycles. The van der Waals surface area contributed by atoms with Gasteiger partial charge in [0.15, 0.2) is 0 Å². The standard InChI is InChI=1S/C10H23N3O/c1-4-7-13(8-5-6-11)9-10(14)12(2)3/h4-9,11H2,1-3H3. The van der Waals surface area contributed by atoms with Crippen LogP contribution in [0.25, 0.3) is 0 Å². The molecule has 0 rings (SSSR count). The summed E-state index contributed by atoms with van der Waals surface area (Å²) in [6.45, 7) is 5.22. The molecule has 0 bridgehead atoms. The van der Waals surface area contributed by atoms with Gasteiger partial charge in [0.2, 0.25) is 5.91 Å². The second-order valence-electron chi connectivity index (χ2n) is 3.71. The minimum absolute atomic E-state index is 0.162. The Morgan fingerprint density at radius 1 is 1.29 bits per heavy atom. The zero-order valence-electron chi connectivity index (χ0n) is 9.62. The van der Waals surface area contributed by atoms with Crippen molar-refractivity contribution < 1.29 is 4.79 Å². The second kappa shape index (κ2) is 7.76. The van der Waals surface area contributed by atoms with E-state index in [1.165, 1.54) is 0 Å². The van der Waals surface area contributed by atoms with E-state index in [1.807, 2.05) is 0 Å². The van der Waals surface area contributed by atoms with Gasteiger partial charge in [0.1, 0.15) is 0 Å². The molecule has 0 aromatic rings. The van der Waals surface area contributed by atoms with Crippen molar-refractivity contribution >= 4 is 5.91 Å². The first-order valence-corrected chi connectivity index (χ1v) is 5.24. The highest BCUT2D eigenvalue weighted by molar-refractivity contribution is 5.77. The average Bonchev–Trinajstić information content (AvgIpc) is 2.14. The van der Waals surface area contributed by atoms with Crippen molar-refractivity contribution in [2.75, 3.05) is 40.3 Å². The van der Waals surface area contributed by atoms with E-state index in [0.29, 0.717) is 13.1 Å². The van der Waals surface area contributed by atoms with Crippen molar-refractivity contribution in [3.8, 4) is 0 Å². The highest BCUT2D eigenvalue weighted by Crippen LogP contribution is 1.95. The third-order valence-corrected chi connectivity index (χ3v) is 2.08. The van der Waals surface area contributed by atoms with Gasteiger partial charge in [0.25, 0.3) is 0 Å². The van der Waals surface area contributed by atoms with E-state index in [9.17, 15) is 4.79 Å². The quantitative estimate of drug-likeness (QED) is 0.637. The van der Waals surface area contributed by atoms with Gasteiger partial charge in [-0.25, -0.2) is 0 Å². The molecule has 84 valence electrons. The SMILES string of the molecule is CCCN(CCCN)CC(=O)N(C)C. The second-order valence-corrected chi connectivity index (χ2v) is 3.71. The van der Waals surface area contributed by atoms with Crippen LogP contribution in [-0.4, -0.2) is 56.0 Å².